The molecule has 0 aliphatic heterocycles. The van der Waals surface area contributed by atoms with Crippen LogP contribution >= 0.6 is 0 Å². The standard InChI is InChI=1S/C14H16N4O3/c1-2-14(17,10-16)6-3-7-21-13-5-4-11(9-15)8-12(13)18(19)20/h4-5,8H,2-3,6-7,17H2,1H3. The van der Waals surface area contributed by atoms with Gasteiger partial charge in [0.1, 0.15) is 5.54 Å². The average Bonchev–Trinajstić information content (AvgIpc) is 2.51. The van der Waals surface area contributed by atoms with Crippen molar-refractivity contribution in [2.24, 2.45) is 5.73 Å². The lowest BCUT2D eigenvalue weighted by atomic mass is 9.94. The van der Waals surface area contributed by atoms with Gasteiger partial charge in [0.2, 0.25) is 0 Å². The number of nitro groups is 1. The molecule has 0 bridgehead atoms. The monoisotopic (exact) mass is 288 g/mol. The van der Waals surface area contributed by atoms with Gasteiger partial charge in [-0.2, -0.15) is 10.5 Å². The van der Waals surface area contributed by atoms with Crippen molar-refractivity contribution in [2.75, 3.05) is 6.61 Å². The topological polar surface area (TPSA) is 126 Å². The molecule has 7 heteroatoms. The fourth-order valence-electron chi connectivity index (χ4n) is 1.73. The molecule has 0 aromatic heterocycles. The van der Waals surface area contributed by atoms with Crippen molar-refractivity contribution < 1.29 is 9.66 Å². The molecule has 2 N–H and O–H groups in total. The van der Waals surface area contributed by atoms with E-state index < -0.39 is 10.5 Å². The van der Waals surface area contributed by atoms with Crippen LogP contribution in [0.1, 0.15) is 31.7 Å². The summed E-state index contributed by atoms with van der Waals surface area (Å²) < 4.78 is 5.37. The number of ether oxygens (including phenoxy) is 1. The number of hydrogen-bond donors (Lipinski definition) is 1. The third-order valence-corrected chi connectivity index (χ3v) is 3.16. The summed E-state index contributed by atoms with van der Waals surface area (Å²) in [4.78, 5) is 10.3. The highest BCUT2D eigenvalue weighted by atomic mass is 16.6. The second-order valence-electron chi connectivity index (χ2n) is 4.62. The Bertz CT molecular complexity index is 603. The minimum atomic E-state index is -0.889. The first-order valence-corrected chi connectivity index (χ1v) is 6.47. The second-order valence-corrected chi connectivity index (χ2v) is 4.62. The van der Waals surface area contributed by atoms with Crippen LogP contribution in [0, 0.1) is 32.8 Å². The molecule has 110 valence electrons. The van der Waals surface area contributed by atoms with Crippen molar-refractivity contribution in [1.29, 1.82) is 10.5 Å². The summed E-state index contributed by atoms with van der Waals surface area (Å²) in [5.74, 6) is 0.107. The van der Waals surface area contributed by atoms with Crippen molar-refractivity contribution >= 4 is 5.69 Å². The van der Waals surface area contributed by atoms with Gasteiger partial charge in [0.15, 0.2) is 5.75 Å². The lowest BCUT2D eigenvalue weighted by molar-refractivity contribution is -0.385. The zero-order chi connectivity index (χ0) is 15.9. The number of nitrogens with two attached hydrogens (primary N) is 1. The van der Waals surface area contributed by atoms with E-state index in [1.807, 2.05) is 19.1 Å². The van der Waals surface area contributed by atoms with Crippen LogP contribution in [-0.2, 0) is 0 Å². The highest BCUT2D eigenvalue weighted by Gasteiger charge is 2.22. The summed E-state index contributed by atoms with van der Waals surface area (Å²) in [6.45, 7) is 2.04. The molecule has 0 spiro atoms. The van der Waals surface area contributed by atoms with Crippen molar-refractivity contribution in [3.8, 4) is 17.9 Å². The van der Waals surface area contributed by atoms with Crippen molar-refractivity contribution in [2.45, 2.75) is 31.7 Å². The highest BCUT2D eigenvalue weighted by molar-refractivity contribution is 5.51. The predicted octanol–water partition coefficient (Wildman–Crippen LogP) is 2.26. The van der Waals surface area contributed by atoms with Crippen LogP contribution in [0.2, 0.25) is 0 Å². The third-order valence-electron chi connectivity index (χ3n) is 3.16. The van der Waals surface area contributed by atoms with Gasteiger partial charge in [-0.3, -0.25) is 10.1 Å². The van der Waals surface area contributed by atoms with E-state index in [2.05, 4.69) is 0 Å². The van der Waals surface area contributed by atoms with Crippen LogP contribution < -0.4 is 10.5 Å². The first-order chi connectivity index (χ1) is 9.95. The minimum Gasteiger partial charge on any atom is -0.487 e. The number of benzene rings is 1. The molecule has 0 aliphatic rings. The maximum Gasteiger partial charge on any atom is 0.312 e. The lowest BCUT2D eigenvalue weighted by Crippen LogP contribution is -2.37. The highest BCUT2D eigenvalue weighted by Crippen LogP contribution is 2.28. The number of nitro benzene ring substituents is 1. The van der Waals surface area contributed by atoms with Crippen LogP contribution in [0.25, 0.3) is 0 Å². The maximum atomic E-state index is 10.9. The SMILES string of the molecule is CCC(N)(C#N)CCCOc1ccc(C#N)cc1[N+](=O)[O-]. The Morgan fingerprint density at radius 1 is 1.48 bits per heavy atom. The van der Waals surface area contributed by atoms with Crippen LogP contribution in [-0.4, -0.2) is 17.1 Å². The van der Waals surface area contributed by atoms with E-state index in [1.165, 1.54) is 18.2 Å². The van der Waals surface area contributed by atoms with Crippen molar-refractivity contribution in [1.82, 2.24) is 0 Å². The van der Waals surface area contributed by atoms with Gasteiger partial charge < -0.3 is 10.5 Å². The average molecular weight is 288 g/mol. The Kier molecular flexibility index (Phi) is 5.65. The molecule has 21 heavy (non-hydrogen) atoms. The number of hydrogen-bond acceptors (Lipinski definition) is 6. The molecule has 1 atom stereocenters. The molecule has 0 amide bonds. The fourth-order valence-corrected chi connectivity index (χ4v) is 1.73. The quantitative estimate of drug-likeness (QED) is 0.466. The summed E-state index contributed by atoms with van der Waals surface area (Å²) in [6.07, 6.45) is 1.49. The minimum absolute atomic E-state index is 0.107. The van der Waals surface area contributed by atoms with Gasteiger partial charge in [-0.15, -0.1) is 0 Å². The molecular formula is C14H16N4O3. The summed E-state index contributed by atoms with van der Waals surface area (Å²) in [5.41, 5.74) is 4.90. The molecule has 1 unspecified atom stereocenters. The number of rotatable bonds is 7. The molecular weight excluding hydrogens is 272 g/mol. The van der Waals surface area contributed by atoms with Crippen LogP contribution in [0.3, 0.4) is 0 Å². The van der Waals surface area contributed by atoms with Gasteiger partial charge in [-0.25, -0.2) is 0 Å². The number of nitriles is 2. The first kappa shape index (κ1) is 16.4. The molecule has 0 aliphatic carbocycles. The smallest absolute Gasteiger partial charge is 0.312 e. The second kappa shape index (κ2) is 7.22. The van der Waals surface area contributed by atoms with Gasteiger partial charge in [-0.1, -0.05) is 6.92 Å². The van der Waals surface area contributed by atoms with Crippen LogP contribution in [0.4, 0.5) is 5.69 Å². The lowest BCUT2D eigenvalue weighted by Gasteiger charge is -2.18. The maximum absolute atomic E-state index is 10.9. The molecule has 7 nitrogen and oxygen atoms in total. The van der Waals surface area contributed by atoms with Crippen LogP contribution in [0.5, 0.6) is 5.75 Å². The molecule has 0 saturated heterocycles. The molecule has 1 rings (SSSR count). The van der Waals surface area contributed by atoms with E-state index in [9.17, 15) is 10.1 Å². The van der Waals surface area contributed by atoms with Gasteiger partial charge in [0.25, 0.3) is 0 Å². The Labute approximate surface area is 122 Å². The molecule has 0 saturated carbocycles. The largest absolute Gasteiger partial charge is 0.487 e. The third kappa shape index (κ3) is 4.44. The predicted molar refractivity (Wildman–Crippen MR) is 75.4 cm³/mol. The normalized spacial score (nSPS) is 12.8. The molecule has 0 heterocycles. The van der Waals surface area contributed by atoms with E-state index >= 15 is 0 Å². The molecule has 0 radical (unpaired) electrons. The summed E-state index contributed by atoms with van der Waals surface area (Å²) in [6, 6.07) is 7.91. The number of nitrogens with zero attached hydrogens (tertiary/aromatic N) is 3. The first-order valence-electron chi connectivity index (χ1n) is 6.47. The molecule has 1 aromatic carbocycles. The molecule has 0 fully saturated rings. The zero-order valence-corrected chi connectivity index (χ0v) is 11.7. The molecule has 1 aromatic rings. The van der Waals surface area contributed by atoms with Crippen molar-refractivity contribution in [3.63, 3.8) is 0 Å². The fraction of sp³-hybridized carbons (Fsp3) is 0.429. The Balaban J connectivity index is 2.67. The van der Waals surface area contributed by atoms with E-state index in [1.54, 1.807) is 0 Å². The van der Waals surface area contributed by atoms with E-state index in [-0.39, 0.29) is 23.6 Å². The Hall–Kier alpha value is -2.64. The summed E-state index contributed by atoms with van der Waals surface area (Å²) in [7, 11) is 0. The Morgan fingerprint density at radius 3 is 2.71 bits per heavy atom. The summed E-state index contributed by atoms with van der Waals surface area (Å²) in [5, 5.41) is 28.6. The van der Waals surface area contributed by atoms with Gasteiger partial charge >= 0.3 is 5.69 Å². The summed E-state index contributed by atoms with van der Waals surface area (Å²) >= 11 is 0. The van der Waals surface area contributed by atoms with Crippen molar-refractivity contribution in [3.05, 3.63) is 33.9 Å². The van der Waals surface area contributed by atoms with Crippen LogP contribution in [0.15, 0.2) is 18.2 Å². The van der Waals surface area contributed by atoms with E-state index in [0.717, 1.165) is 0 Å². The van der Waals surface area contributed by atoms with Gasteiger partial charge in [0, 0.05) is 6.07 Å². The van der Waals surface area contributed by atoms with Gasteiger partial charge in [-0.05, 0) is 31.4 Å². The Morgan fingerprint density at radius 2 is 2.19 bits per heavy atom. The zero-order valence-electron chi connectivity index (χ0n) is 11.7. The van der Waals surface area contributed by atoms with E-state index in [0.29, 0.717) is 19.3 Å². The van der Waals surface area contributed by atoms with Gasteiger partial charge in [0.05, 0.1) is 29.2 Å². The van der Waals surface area contributed by atoms with E-state index in [4.69, 9.17) is 21.0 Å².